The van der Waals surface area contributed by atoms with Gasteiger partial charge in [-0.25, -0.2) is 13.4 Å². The molecule has 44 heavy (non-hydrogen) atoms. The highest BCUT2D eigenvalue weighted by atomic mass is 32.2. The Balaban J connectivity index is 1.63. The second kappa shape index (κ2) is 14.3. The summed E-state index contributed by atoms with van der Waals surface area (Å²) in [6.07, 6.45) is 2.28. The van der Waals surface area contributed by atoms with Crippen molar-refractivity contribution in [2.24, 2.45) is 0 Å². The fourth-order valence-corrected chi connectivity index (χ4v) is 5.28. The van der Waals surface area contributed by atoms with Crippen LogP contribution in [0.15, 0.2) is 70.2 Å². The average molecular weight is 626 g/mol. The summed E-state index contributed by atoms with van der Waals surface area (Å²) in [7, 11) is -3.46. The van der Waals surface area contributed by atoms with Crippen molar-refractivity contribution in [3.63, 3.8) is 0 Å². The summed E-state index contributed by atoms with van der Waals surface area (Å²) in [6, 6.07) is 11.5. The van der Waals surface area contributed by atoms with Crippen molar-refractivity contribution in [3.05, 3.63) is 83.6 Å². The Morgan fingerprint density at radius 1 is 1.05 bits per heavy atom. The van der Waals surface area contributed by atoms with Crippen LogP contribution in [0.5, 0.6) is 0 Å². The van der Waals surface area contributed by atoms with E-state index in [-0.39, 0.29) is 41.4 Å². The number of sulfone groups is 1. The fourth-order valence-electron chi connectivity index (χ4n) is 4.65. The van der Waals surface area contributed by atoms with Gasteiger partial charge in [0.25, 0.3) is 11.8 Å². The molecule has 4 amide bonds. The highest BCUT2D eigenvalue weighted by Gasteiger charge is 2.30. The molecule has 4 atom stereocenters. The van der Waals surface area contributed by atoms with Crippen LogP contribution in [-0.4, -0.2) is 73.1 Å². The van der Waals surface area contributed by atoms with Crippen LogP contribution in [-0.2, 0) is 25.8 Å². The molecule has 1 aromatic heterocycles. The van der Waals surface area contributed by atoms with Gasteiger partial charge in [-0.3, -0.25) is 19.2 Å². The fraction of sp³-hybridized carbons (Fsp3) is 0.367. The molecule has 0 radical (unpaired) electrons. The van der Waals surface area contributed by atoms with Crippen molar-refractivity contribution in [2.45, 2.75) is 61.7 Å². The van der Waals surface area contributed by atoms with Gasteiger partial charge in [0.2, 0.25) is 17.7 Å². The van der Waals surface area contributed by atoms with Crippen molar-refractivity contribution < 1.29 is 37.1 Å². The Labute approximate surface area is 254 Å². The number of carbonyl (C=O) groups is 4. The molecule has 2 aromatic carbocycles. The molecule has 0 saturated heterocycles. The first kappa shape index (κ1) is 32.4. The molecule has 4 rings (SSSR count). The van der Waals surface area contributed by atoms with Crippen LogP contribution < -0.4 is 21.3 Å². The summed E-state index contributed by atoms with van der Waals surface area (Å²) < 4.78 is 29.2. The second-order valence-electron chi connectivity index (χ2n) is 10.6. The number of oxazole rings is 1. The third-order valence-electron chi connectivity index (χ3n) is 7.09. The molecule has 5 N–H and O–H groups in total. The lowest BCUT2D eigenvalue weighted by Gasteiger charge is -2.23. The number of aliphatic hydroxyl groups is 1. The maximum absolute atomic E-state index is 13.7. The van der Waals surface area contributed by atoms with Crippen LogP contribution in [0.4, 0.5) is 0 Å². The molecule has 234 valence electrons. The maximum Gasteiger partial charge on any atom is 0.273 e. The Morgan fingerprint density at radius 2 is 1.75 bits per heavy atom. The molecule has 1 aliphatic rings. The molecule has 0 spiro atoms. The number of carbonyl (C=O) groups excluding carboxylic acids is 4. The lowest BCUT2D eigenvalue weighted by Crippen LogP contribution is -2.52. The summed E-state index contributed by atoms with van der Waals surface area (Å²) in [6.45, 7) is 1.57. The van der Waals surface area contributed by atoms with E-state index in [9.17, 15) is 32.7 Å². The van der Waals surface area contributed by atoms with Gasteiger partial charge in [-0.1, -0.05) is 30.3 Å². The molecule has 13 nitrogen and oxygen atoms in total. The molecule has 0 fully saturated rings. The van der Waals surface area contributed by atoms with Gasteiger partial charge in [0.05, 0.1) is 11.0 Å². The highest BCUT2D eigenvalue weighted by Crippen LogP contribution is 2.20. The molecule has 3 aromatic rings. The molecule has 0 saturated carbocycles. The summed E-state index contributed by atoms with van der Waals surface area (Å²) in [5.74, 6) is -2.42. The standard InChI is InChI=1S/C30H35N5O8S/c1-18(36)25-29(40)31-15-7-6-10-22(32-26(37)20-11-13-21(14-12-20)44(2,41)42)27(38)33-23(16-19-8-4-3-5-9-19)30-34-24(17-43-30)28(39)35-25/h3-5,8-9,11-14,17-18,22-23,25,36H,6-7,10,15-16H2,1-2H3,(H,31,40)(H,32,37)(H,33,38)(H,35,39)/t18-,22+,23+,25+/m1/s1. The van der Waals surface area contributed by atoms with Crippen LogP contribution in [0.1, 0.15) is 64.5 Å². The van der Waals surface area contributed by atoms with Crippen LogP contribution in [0, 0.1) is 0 Å². The molecule has 2 heterocycles. The second-order valence-corrected chi connectivity index (χ2v) is 12.6. The van der Waals surface area contributed by atoms with E-state index in [0.29, 0.717) is 12.8 Å². The lowest BCUT2D eigenvalue weighted by atomic mass is 10.0. The lowest BCUT2D eigenvalue weighted by molar-refractivity contribution is -0.125. The van der Waals surface area contributed by atoms with Gasteiger partial charge in [0.1, 0.15) is 24.4 Å². The number of rotatable bonds is 6. The van der Waals surface area contributed by atoms with Gasteiger partial charge in [0.15, 0.2) is 15.5 Å². The van der Waals surface area contributed by atoms with Gasteiger partial charge in [-0.2, -0.15) is 0 Å². The molecule has 1 aliphatic heterocycles. The molecular formula is C30H35N5O8S. The third-order valence-corrected chi connectivity index (χ3v) is 8.22. The van der Waals surface area contributed by atoms with E-state index >= 15 is 0 Å². The number of amides is 4. The summed E-state index contributed by atoms with van der Waals surface area (Å²) in [4.78, 5) is 56.8. The zero-order chi connectivity index (χ0) is 31.9. The minimum Gasteiger partial charge on any atom is -0.446 e. The molecular weight excluding hydrogens is 590 g/mol. The van der Waals surface area contributed by atoms with E-state index in [1.165, 1.54) is 31.2 Å². The van der Waals surface area contributed by atoms with Crippen molar-refractivity contribution >= 4 is 33.5 Å². The largest absolute Gasteiger partial charge is 0.446 e. The number of hydrogen-bond acceptors (Lipinski definition) is 9. The number of hydrogen-bond donors (Lipinski definition) is 5. The normalized spacial score (nSPS) is 21.0. The zero-order valence-electron chi connectivity index (χ0n) is 24.3. The van der Waals surface area contributed by atoms with Gasteiger partial charge in [-0.05, 0) is 56.0 Å². The van der Waals surface area contributed by atoms with Gasteiger partial charge >= 0.3 is 0 Å². The molecule has 0 unspecified atom stereocenters. The van der Waals surface area contributed by atoms with E-state index in [2.05, 4.69) is 26.3 Å². The molecule has 14 heteroatoms. The van der Waals surface area contributed by atoms with E-state index in [4.69, 9.17) is 4.42 Å². The van der Waals surface area contributed by atoms with Crippen molar-refractivity contribution in [3.8, 4) is 0 Å². The molecule has 0 aliphatic carbocycles. The number of aliphatic hydroxyl groups excluding tert-OH is 1. The monoisotopic (exact) mass is 625 g/mol. The van der Waals surface area contributed by atoms with Crippen LogP contribution in [0.2, 0.25) is 0 Å². The predicted octanol–water partition coefficient (Wildman–Crippen LogP) is 1.06. The zero-order valence-corrected chi connectivity index (χ0v) is 25.1. The first-order valence-corrected chi connectivity index (χ1v) is 16.0. The average Bonchev–Trinajstić information content (AvgIpc) is 3.48. The van der Waals surface area contributed by atoms with Crippen LogP contribution in [0.3, 0.4) is 0 Å². The van der Waals surface area contributed by atoms with E-state index in [0.717, 1.165) is 18.1 Å². The number of nitrogens with zero attached hydrogens (tertiary/aromatic N) is 1. The van der Waals surface area contributed by atoms with Gasteiger partial charge < -0.3 is 30.8 Å². The first-order chi connectivity index (χ1) is 20.9. The van der Waals surface area contributed by atoms with Crippen molar-refractivity contribution in [1.29, 1.82) is 0 Å². The summed E-state index contributed by atoms with van der Waals surface area (Å²) >= 11 is 0. The Morgan fingerprint density at radius 3 is 2.41 bits per heavy atom. The Hall–Kier alpha value is -4.56. The minimum atomic E-state index is -3.46. The maximum atomic E-state index is 13.7. The van der Waals surface area contributed by atoms with Gasteiger partial charge in [0, 0.05) is 24.8 Å². The summed E-state index contributed by atoms with van der Waals surface area (Å²) in [5.41, 5.74) is 0.854. The number of benzene rings is 2. The van der Waals surface area contributed by atoms with Crippen LogP contribution >= 0.6 is 0 Å². The SMILES string of the molecule is C[C@@H](O)[C@@H]1NC(=O)c2coc(n2)[C@H](Cc2ccccc2)NC(=O)[C@@H](NC(=O)c2ccc(S(C)(=O)=O)cc2)CCCCNC1=O. The number of fused-ring (bicyclic) bond motifs is 2. The number of nitrogens with one attached hydrogen (secondary N) is 4. The quantitative estimate of drug-likeness (QED) is 0.266. The van der Waals surface area contributed by atoms with E-state index in [1.807, 2.05) is 30.3 Å². The Bertz CT molecular complexity index is 1590. The van der Waals surface area contributed by atoms with Crippen LogP contribution in [0.25, 0.3) is 0 Å². The topological polar surface area (TPSA) is 197 Å². The number of aromatic nitrogens is 1. The predicted molar refractivity (Wildman–Crippen MR) is 158 cm³/mol. The minimum absolute atomic E-state index is 0.0268. The van der Waals surface area contributed by atoms with Crippen molar-refractivity contribution in [2.75, 3.05) is 12.8 Å². The molecule has 2 bridgehead atoms. The smallest absolute Gasteiger partial charge is 0.273 e. The highest BCUT2D eigenvalue weighted by molar-refractivity contribution is 7.90. The summed E-state index contributed by atoms with van der Waals surface area (Å²) in [5, 5.41) is 20.9. The first-order valence-electron chi connectivity index (χ1n) is 14.1. The Kier molecular flexibility index (Phi) is 10.5. The van der Waals surface area contributed by atoms with E-state index in [1.54, 1.807) is 0 Å². The van der Waals surface area contributed by atoms with Gasteiger partial charge in [-0.15, -0.1) is 0 Å². The van der Waals surface area contributed by atoms with E-state index < -0.39 is 57.7 Å². The van der Waals surface area contributed by atoms with Crippen molar-refractivity contribution in [1.82, 2.24) is 26.3 Å². The third kappa shape index (κ3) is 8.51.